The van der Waals surface area contributed by atoms with E-state index in [4.69, 9.17) is 9.47 Å². The highest BCUT2D eigenvalue weighted by atomic mass is 19.1. The van der Waals surface area contributed by atoms with Crippen molar-refractivity contribution in [3.63, 3.8) is 0 Å². The molecule has 1 amide bonds. The number of hydrogen-bond donors (Lipinski definition) is 0. The Morgan fingerprint density at radius 1 is 1.30 bits per heavy atom. The highest BCUT2D eigenvalue weighted by Crippen LogP contribution is 2.38. The van der Waals surface area contributed by atoms with Crippen LogP contribution in [0.4, 0.5) is 9.18 Å². The molecule has 7 heteroatoms. The van der Waals surface area contributed by atoms with Crippen LogP contribution >= 0.6 is 0 Å². The van der Waals surface area contributed by atoms with Gasteiger partial charge in [-0.3, -0.25) is 4.90 Å². The molecule has 0 spiro atoms. The normalized spacial score (nSPS) is 33.0. The van der Waals surface area contributed by atoms with Gasteiger partial charge in [0.2, 0.25) is 0 Å². The van der Waals surface area contributed by atoms with Crippen LogP contribution in [0.25, 0.3) is 0 Å². The summed E-state index contributed by atoms with van der Waals surface area (Å²) in [6, 6.07) is -1.74. The molecule has 2 fully saturated rings. The van der Waals surface area contributed by atoms with E-state index in [0.29, 0.717) is 0 Å². The van der Waals surface area contributed by atoms with E-state index in [0.717, 1.165) is 4.90 Å². The van der Waals surface area contributed by atoms with Crippen LogP contribution in [0.2, 0.25) is 0 Å². The van der Waals surface area contributed by atoms with Crippen LogP contribution in [0.3, 0.4) is 0 Å². The first-order valence-electron chi connectivity index (χ1n) is 6.57. The van der Waals surface area contributed by atoms with E-state index in [2.05, 4.69) is 4.74 Å². The van der Waals surface area contributed by atoms with Crippen LogP contribution in [-0.4, -0.2) is 61.1 Å². The molecule has 0 saturated carbocycles. The summed E-state index contributed by atoms with van der Waals surface area (Å²) in [5.74, 6) is -1.27. The molecule has 0 radical (unpaired) electrons. The third-order valence-electron chi connectivity index (χ3n) is 3.51. The molecule has 2 rings (SSSR count). The number of methoxy groups -OCH3 is 1. The Bertz CT molecular complexity index is 408. The van der Waals surface area contributed by atoms with Gasteiger partial charge in [0.1, 0.15) is 11.8 Å². The SMILES string of the molecule is COC(=O)[C@H]1[C@@H](F)[C@H]2COC[C@H]2N1C(=O)OC(C)(C)C. The number of ether oxygens (including phenoxy) is 3. The molecule has 2 aliphatic rings. The number of amides is 1. The second-order valence-corrected chi connectivity index (χ2v) is 6.07. The van der Waals surface area contributed by atoms with E-state index in [1.165, 1.54) is 7.11 Å². The summed E-state index contributed by atoms with van der Waals surface area (Å²) in [5, 5.41) is 0. The van der Waals surface area contributed by atoms with Crippen molar-refractivity contribution in [2.24, 2.45) is 5.92 Å². The lowest BCUT2D eigenvalue weighted by Crippen LogP contribution is -2.50. The summed E-state index contributed by atoms with van der Waals surface area (Å²) in [7, 11) is 1.17. The number of halogens is 1. The molecule has 6 nitrogen and oxygen atoms in total. The molecule has 20 heavy (non-hydrogen) atoms. The molecule has 0 N–H and O–H groups in total. The minimum atomic E-state index is -1.50. The van der Waals surface area contributed by atoms with Crippen LogP contribution in [0.15, 0.2) is 0 Å². The number of carbonyl (C=O) groups is 2. The van der Waals surface area contributed by atoms with Crippen LogP contribution in [0, 0.1) is 5.92 Å². The zero-order valence-corrected chi connectivity index (χ0v) is 12.1. The van der Waals surface area contributed by atoms with Gasteiger partial charge in [0.05, 0.1) is 26.4 Å². The summed E-state index contributed by atoms with van der Waals surface area (Å²) in [6.07, 6.45) is -2.21. The summed E-state index contributed by atoms with van der Waals surface area (Å²) >= 11 is 0. The second kappa shape index (κ2) is 5.20. The highest BCUT2D eigenvalue weighted by Gasteiger charge is 2.58. The summed E-state index contributed by atoms with van der Waals surface area (Å²) in [6.45, 7) is 5.54. The summed E-state index contributed by atoms with van der Waals surface area (Å²) < 4.78 is 29.5. The first-order valence-corrected chi connectivity index (χ1v) is 6.57. The number of likely N-dealkylation sites (tertiary alicyclic amines) is 1. The van der Waals surface area contributed by atoms with Gasteiger partial charge in [0.15, 0.2) is 6.04 Å². The average molecular weight is 289 g/mol. The molecule has 4 atom stereocenters. The largest absolute Gasteiger partial charge is 0.467 e. The van der Waals surface area contributed by atoms with Gasteiger partial charge in [0, 0.05) is 5.92 Å². The fraction of sp³-hybridized carbons (Fsp3) is 0.846. The second-order valence-electron chi connectivity index (χ2n) is 6.07. The van der Waals surface area contributed by atoms with Crippen LogP contribution < -0.4 is 0 Å². The van der Waals surface area contributed by atoms with Crippen molar-refractivity contribution in [1.82, 2.24) is 4.90 Å². The maximum Gasteiger partial charge on any atom is 0.411 e. The lowest BCUT2D eigenvalue weighted by Gasteiger charge is -2.30. The van der Waals surface area contributed by atoms with E-state index in [1.54, 1.807) is 20.8 Å². The monoisotopic (exact) mass is 289 g/mol. The molecule has 0 aromatic rings. The molecular formula is C13H20FNO5. The Labute approximate surface area is 117 Å². The standard InChI is InChI=1S/C13H20FNO5/c1-13(2,3)20-12(17)15-8-6-19-5-7(8)9(14)10(15)11(16)18-4/h7-10H,5-6H2,1-4H3/t7-,8+,9-,10+/m0/s1. The molecule has 0 aromatic heterocycles. The van der Waals surface area contributed by atoms with Gasteiger partial charge < -0.3 is 14.2 Å². The fourth-order valence-corrected chi connectivity index (χ4v) is 2.67. The van der Waals surface area contributed by atoms with Crippen LogP contribution in [-0.2, 0) is 19.0 Å². The Hall–Kier alpha value is -1.37. The topological polar surface area (TPSA) is 65.1 Å². The van der Waals surface area contributed by atoms with Crippen molar-refractivity contribution in [2.45, 2.75) is 44.6 Å². The van der Waals surface area contributed by atoms with Crippen molar-refractivity contribution < 1.29 is 28.2 Å². The van der Waals surface area contributed by atoms with Gasteiger partial charge in [-0.15, -0.1) is 0 Å². The Morgan fingerprint density at radius 3 is 2.50 bits per heavy atom. The maximum absolute atomic E-state index is 14.4. The van der Waals surface area contributed by atoms with E-state index in [1.807, 2.05) is 0 Å². The third kappa shape index (κ3) is 2.59. The van der Waals surface area contributed by atoms with Crippen molar-refractivity contribution in [3.8, 4) is 0 Å². The van der Waals surface area contributed by atoms with Crippen molar-refractivity contribution >= 4 is 12.1 Å². The van der Waals surface area contributed by atoms with Gasteiger partial charge in [-0.1, -0.05) is 0 Å². The van der Waals surface area contributed by atoms with Crippen molar-refractivity contribution in [1.29, 1.82) is 0 Å². The maximum atomic E-state index is 14.4. The number of alkyl halides is 1. The molecule has 0 aliphatic carbocycles. The molecule has 2 aliphatic heterocycles. The van der Waals surface area contributed by atoms with E-state index < -0.39 is 41.8 Å². The van der Waals surface area contributed by atoms with Gasteiger partial charge in [-0.05, 0) is 20.8 Å². The summed E-state index contributed by atoms with van der Waals surface area (Å²) in [5.41, 5.74) is -0.721. The number of fused-ring (bicyclic) bond motifs is 1. The predicted molar refractivity (Wildman–Crippen MR) is 66.9 cm³/mol. The lowest BCUT2D eigenvalue weighted by molar-refractivity contribution is -0.148. The van der Waals surface area contributed by atoms with Crippen LogP contribution in [0.5, 0.6) is 0 Å². The molecule has 2 saturated heterocycles. The van der Waals surface area contributed by atoms with E-state index >= 15 is 0 Å². The number of carbonyl (C=O) groups excluding carboxylic acids is 2. The number of esters is 1. The summed E-state index contributed by atoms with van der Waals surface area (Å²) in [4.78, 5) is 25.2. The van der Waals surface area contributed by atoms with Crippen molar-refractivity contribution in [3.05, 3.63) is 0 Å². The smallest absolute Gasteiger partial charge is 0.411 e. The van der Waals surface area contributed by atoms with Crippen molar-refractivity contribution in [2.75, 3.05) is 20.3 Å². The minimum absolute atomic E-state index is 0.193. The zero-order valence-electron chi connectivity index (χ0n) is 12.1. The predicted octanol–water partition coefficient (Wildman–Crippen LogP) is 1.13. The minimum Gasteiger partial charge on any atom is -0.467 e. The first kappa shape index (κ1) is 15.0. The number of nitrogens with zero attached hydrogens (tertiary/aromatic N) is 1. The first-order chi connectivity index (χ1) is 9.26. The molecule has 0 bridgehead atoms. The third-order valence-corrected chi connectivity index (χ3v) is 3.51. The van der Waals surface area contributed by atoms with Gasteiger partial charge in [-0.25, -0.2) is 14.0 Å². The number of hydrogen-bond acceptors (Lipinski definition) is 5. The average Bonchev–Trinajstić information content (AvgIpc) is 2.88. The molecular weight excluding hydrogens is 269 g/mol. The Kier molecular flexibility index (Phi) is 3.90. The Morgan fingerprint density at radius 2 is 1.95 bits per heavy atom. The molecule has 0 aromatic carbocycles. The van der Waals surface area contributed by atoms with E-state index in [-0.39, 0.29) is 13.2 Å². The van der Waals surface area contributed by atoms with E-state index in [9.17, 15) is 14.0 Å². The number of rotatable bonds is 1. The molecule has 114 valence electrons. The lowest BCUT2D eigenvalue weighted by atomic mass is 10.0. The Balaban J connectivity index is 2.25. The zero-order chi connectivity index (χ0) is 15.1. The molecule has 0 unspecified atom stereocenters. The molecule has 2 heterocycles. The highest BCUT2D eigenvalue weighted by molar-refractivity contribution is 5.83. The van der Waals surface area contributed by atoms with Gasteiger partial charge in [-0.2, -0.15) is 0 Å². The van der Waals surface area contributed by atoms with Gasteiger partial charge in [0.25, 0.3) is 0 Å². The van der Waals surface area contributed by atoms with Crippen LogP contribution in [0.1, 0.15) is 20.8 Å². The quantitative estimate of drug-likeness (QED) is 0.677. The van der Waals surface area contributed by atoms with Gasteiger partial charge >= 0.3 is 12.1 Å². The fourth-order valence-electron chi connectivity index (χ4n) is 2.67.